The Morgan fingerprint density at radius 2 is 2.19 bits per heavy atom. The molecule has 1 atom stereocenters. The Bertz CT molecular complexity index is 555. The number of aliphatic hydroxyl groups excluding tert-OH is 1. The van der Waals surface area contributed by atoms with Crippen LogP contribution in [0.15, 0.2) is 6.07 Å². The zero-order chi connectivity index (χ0) is 15.2. The highest BCUT2D eigenvalue weighted by atomic mass is 16.3. The topological polar surface area (TPSA) is 54.3 Å². The molecule has 3 rings (SSSR count). The third-order valence-electron chi connectivity index (χ3n) is 4.78. The van der Waals surface area contributed by atoms with Gasteiger partial charge in [0.25, 0.3) is 0 Å². The van der Waals surface area contributed by atoms with Gasteiger partial charge in [0, 0.05) is 36.0 Å². The van der Waals surface area contributed by atoms with Gasteiger partial charge in [0.1, 0.15) is 0 Å². The maximum Gasteiger partial charge on any atom is 0.223 e. The van der Waals surface area contributed by atoms with Crippen LogP contribution in [0.5, 0.6) is 0 Å². The number of carbonyl (C=O) groups is 1. The fourth-order valence-corrected chi connectivity index (χ4v) is 3.49. The molecule has 0 saturated heterocycles. The monoisotopic (exact) mass is 290 g/mol. The van der Waals surface area contributed by atoms with Gasteiger partial charge in [-0.2, -0.15) is 0 Å². The number of amides is 1. The van der Waals surface area contributed by atoms with Crippen LogP contribution in [0.25, 0.3) is 0 Å². The minimum atomic E-state index is -0.357. The fraction of sp³-hybridized carbons (Fsp3) is 0.706. The van der Waals surface area contributed by atoms with Crippen LogP contribution in [0.4, 0.5) is 0 Å². The average molecular weight is 290 g/mol. The lowest BCUT2D eigenvalue weighted by Crippen LogP contribution is -2.31. The first kappa shape index (κ1) is 14.6. The number of aryl methyl sites for hydroxylation is 1. The zero-order valence-corrected chi connectivity index (χ0v) is 13.3. The number of carbonyl (C=O) groups excluding carboxylic acids is 1. The summed E-state index contributed by atoms with van der Waals surface area (Å²) in [5.41, 5.74) is 3.64. The molecule has 116 valence electrons. The van der Waals surface area contributed by atoms with Gasteiger partial charge in [-0.15, -0.1) is 0 Å². The second kappa shape index (κ2) is 5.16. The van der Waals surface area contributed by atoms with Crippen molar-refractivity contribution in [3.63, 3.8) is 0 Å². The van der Waals surface area contributed by atoms with Gasteiger partial charge in [-0.05, 0) is 44.1 Å². The molecule has 2 aliphatic rings. The quantitative estimate of drug-likeness (QED) is 0.894. The maximum atomic E-state index is 11.7. The summed E-state index contributed by atoms with van der Waals surface area (Å²) in [6.07, 6.45) is 3.55. The van der Waals surface area contributed by atoms with Gasteiger partial charge in [0.15, 0.2) is 0 Å². The highest BCUT2D eigenvalue weighted by Crippen LogP contribution is 2.41. The summed E-state index contributed by atoms with van der Waals surface area (Å²) in [6, 6.07) is 2.11. The van der Waals surface area contributed by atoms with Gasteiger partial charge in [-0.25, -0.2) is 0 Å². The smallest absolute Gasteiger partial charge is 0.223 e. The van der Waals surface area contributed by atoms with Crippen molar-refractivity contribution < 1.29 is 9.90 Å². The minimum absolute atomic E-state index is 0.131. The van der Waals surface area contributed by atoms with E-state index in [1.807, 2.05) is 0 Å². The fourth-order valence-electron chi connectivity index (χ4n) is 3.49. The van der Waals surface area contributed by atoms with Gasteiger partial charge >= 0.3 is 0 Å². The standard InChI is InChI=1S/C17H26N2O2/c1-11-8-13-14(9-17(2,3)10-15(13)20)19(11)7-6-18-16(21)12-4-5-12/h8,12,15,20H,4-7,9-10H2,1-3H3,(H,18,21). The predicted molar refractivity (Wildman–Crippen MR) is 82.0 cm³/mol. The van der Waals surface area contributed by atoms with Crippen LogP contribution in [0.3, 0.4) is 0 Å². The van der Waals surface area contributed by atoms with Gasteiger partial charge in [0.05, 0.1) is 6.10 Å². The number of aromatic nitrogens is 1. The Labute approximate surface area is 126 Å². The van der Waals surface area contributed by atoms with Crippen molar-refractivity contribution in [3.05, 3.63) is 23.0 Å². The van der Waals surface area contributed by atoms with Crippen molar-refractivity contribution >= 4 is 5.91 Å². The molecular formula is C17H26N2O2. The van der Waals surface area contributed by atoms with Crippen LogP contribution in [0, 0.1) is 18.3 Å². The Morgan fingerprint density at radius 1 is 1.48 bits per heavy atom. The molecule has 4 heteroatoms. The van der Waals surface area contributed by atoms with Crippen LogP contribution in [-0.4, -0.2) is 22.1 Å². The summed E-state index contributed by atoms with van der Waals surface area (Å²) in [7, 11) is 0. The SMILES string of the molecule is Cc1cc2c(n1CCNC(=O)C1CC1)CC(C)(C)CC2O. The van der Waals surface area contributed by atoms with Crippen molar-refractivity contribution in [2.24, 2.45) is 11.3 Å². The third kappa shape index (κ3) is 3.00. The van der Waals surface area contributed by atoms with E-state index in [0.29, 0.717) is 6.54 Å². The van der Waals surface area contributed by atoms with Crippen LogP contribution in [-0.2, 0) is 17.8 Å². The van der Waals surface area contributed by atoms with Gasteiger partial charge in [-0.1, -0.05) is 13.8 Å². The first-order chi connectivity index (χ1) is 9.87. The van der Waals surface area contributed by atoms with Crippen LogP contribution < -0.4 is 5.32 Å². The Balaban J connectivity index is 1.72. The van der Waals surface area contributed by atoms with Gasteiger partial charge in [-0.3, -0.25) is 4.79 Å². The molecule has 1 fully saturated rings. The lowest BCUT2D eigenvalue weighted by Gasteiger charge is -2.34. The summed E-state index contributed by atoms with van der Waals surface area (Å²) in [4.78, 5) is 11.7. The second-order valence-electron chi connectivity index (χ2n) is 7.47. The lowest BCUT2D eigenvalue weighted by atomic mass is 9.75. The van der Waals surface area contributed by atoms with E-state index in [0.717, 1.165) is 37.8 Å². The number of nitrogens with zero attached hydrogens (tertiary/aromatic N) is 1. The summed E-state index contributed by atoms with van der Waals surface area (Å²) in [5, 5.41) is 13.4. The van der Waals surface area contributed by atoms with E-state index in [1.54, 1.807) is 0 Å². The predicted octanol–water partition coefficient (Wildman–Crippen LogP) is 2.33. The van der Waals surface area contributed by atoms with Crippen LogP contribution in [0.2, 0.25) is 0 Å². The number of rotatable bonds is 4. The highest BCUT2D eigenvalue weighted by Gasteiger charge is 2.34. The molecule has 2 aliphatic carbocycles. The molecule has 1 unspecified atom stereocenters. The van der Waals surface area contributed by atoms with E-state index < -0.39 is 0 Å². The maximum absolute atomic E-state index is 11.7. The molecule has 4 nitrogen and oxygen atoms in total. The molecule has 1 heterocycles. The van der Waals surface area contributed by atoms with Crippen LogP contribution >= 0.6 is 0 Å². The number of hydrogen-bond donors (Lipinski definition) is 2. The normalized spacial score (nSPS) is 23.7. The van der Waals surface area contributed by atoms with E-state index in [2.05, 4.69) is 36.7 Å². The van der Waals surface area contributed by atoms with E-state index in [9.17, 15) is 9.90 Å². The molecule has 0 aliphatic heterocycles. The Hall–Kier alpha value is -1.29. The summed E-state index contributed by atoms with van der Waals surface area (Å²) < 4.78 is 2.27. The Morgan fingerprint density at radius 3 is 2.86 bits per heavy atom. The molecule has 1 amide bonds. The second-order valence-corrected chi connectivity index (χ2v) is 7.47. The van der Waals surface area contributed by atoms with Gasteiger partial charge < -0.3 is 15.0 Å². The third-order valence-corrected chi connectivity index (χ3v) is 4.78. The Kier molecular flexibility index (Phi) is 3.60. The van der Waals surface area contributed by atoms with Crippen molar-refractivity contribution in [2.75, 3.05) is 6.54 Å². The van der Waals surface area contributed by atoms with E-state index in [4.69, 9.17) is 0 Å². The van der Waals surface area contributed by atoms with E-state index >= 15 is 0 Å². The summed E-state index contributed by atoms with van der Waals surface area (Å²) in [6.45, 7) is 7.97. The molecule has 21 heavy (non-hydrogen) atoms. The molecule has 1 aromatic rings. The average Bonchev–Trinajstić information content (AvgIpc) is 3.17. The molecule has 1 saturated carbocycles. The number of nitrogens with one attached hydrogen (secondary N) is 1. The number of fused-ring (bicyclic) bond motifs is 1. The molecule has 1 aromatic heterocycles. The molecular weight excluding hydrogens is 264 g/mol. The van der Waals surface area contributed by atoms with Gasteiger partial charge in [0.2, 0.25) is 5.91 Å². The molecule has 2 N–H and O–H groups in total. The summed E-state index contributed by atoms with van der Waals surface area (Å²) >= 11 is 0. The van der Waals surface area contributed by atoms with Crippen LogP contribution in [0.1, 0.15) is 56.2 Å². The summed E-state index contributed by atoms with van der Waals surface area (Å²) in [5.74, 6) is 0.472. The number of hydrogen-bond acceptors (Lipinski definition) is 2. The zero-order valence-electron chi connectivity index (χ0n) is 13.3. The molecule has 0 radical (unpaired) electrons. The molecule has 0 aromatic carbocycles. The largest absolute Gasteiger partial charge is 0.388 e. The van der Waals surface area contributed by atoms with Crippen molar-refractivity contribution in [1.82, 2.24) is 9.88 Å². The number of aliphatic hydroxyl groups is 1. The molecule has 0 bridgehead atoms. The minimum Gasteiger partial charge on any atom is -0.388 e. The highest BCUT2D eigenvalue weighted by molar-refractivity contribution is 5.80. The lowest BCUT2D eigenvalue weighted by molar-refractivity contribution is -0.122. The first-order valence-corrected chi connectivity index (χ1v) is 8.02. The van der Waals surface area contributed by atoms with Crippen molar-refractivity contribution in [3.8, 4) is 0 Å². The van der Waals surface area contributed by atoms with Crippen molar-refractivity contribution in [1.29, 1.82) is 0 Å². The van der Waals surface area contributed by atoms with E-state index in [1.165, 1.54) is 11.4 Å². The molecule has 0 spiro atoms. The van der Waals surface area contributed by atoms with E-state index in [-0.39, 0.29) is 23.3 Å². The van der Waals surface area contributed by atoms with Crippen molar-refractivity contribution in [2.45, 2.75) is 59.1 Å². The first-order valence-electron chi connectivity index (χ1n) is 8.02.